The quantitative estimate of drug-likeness (QED) is 0.740. The summed E-state index contributed by atoms with van der Waals surface area (Å²) in [5.74, 6) is 0.179. The van der Waals surface area contributed by atoms with Crippen LogP contribution in [-0.2, 0) is 17.5 Å². The first-order valence-corrected chi connectivity index (χ1v) is 5.07. The molecule has 0 aromatic heterocycles. The van der Waals surface area contributed by atoms with E-state index < -0.39 is 11.1 Å². The highest BCUT2D eigenvalue weighted by Crippen LogP contribution is 2.07. The average Bonchev–Trinajstić information content (AvgIpc) is 2.15. The molecule has 68 valence electrons. The van der Waals surface area contributed by atoms with Crippen LogP contribution in [0.3, 0.4) is 0 Å². The van der Waals surface area contributed by atoms with E-state index in [1.54, 1.807) is 18.2 Å². The van der Waals surface area contributed by atoms with Gasteiger partial charge in [-0.3, -0.25) is 0 Å². The Morgan fingerprint density at radius 2 is 2.15 bits per heavy atom. The summed E-state index contributed by atoms with van der Waals surface area (Å²) in [5.41, 5.74) is 1.40. The van der Waals surface area contributed by atoms with Crippen LogP contribution in [0.5, 0.6) is 0 Å². The predicted molar refractivity (Wildman–Crippen MR) is 50.5 cm³/mol. The highest BCUT2D eigenvalue weighted by Gasteiger charge is 2.01. The second-order valence-electron chi connectivity index (χ2n) is 2.54. The molecule has 1 aromatic carbocycles. The minimum Gasteiger partial charge on any atom is -0.306 e. The van der Waals surface area contributed by atoms with Gasteiger partial charge in [0.05, 0.1) is 17.4 Å². The van der Waals surface area contributed by atoms with Crippen molar-refractivity contribution in [1.82, 2.24) is 0 Å². The summed E-state index contributed by atoms with van der Waals surface area (Å²) in [6.07, 6.45) is 0.465. The summed E-state index contributed by atoms with van der Waals surface area (Å²) in [4.78, 5) is 0. The third-order valence-corrected chi connectivity index (χ3v) is 2.24. The van der Waals surface area contributed by atoms with Crippen molar-refractivity contribution in [2.45, 2.75) is 6.42 Å². The molecule has 1 unspecified atom stereocenters. The molecule has 0 heterocycles. The lowest BCUT2D eigenvalue weighted by Crippen LogP contribution is -2.00. The Balaban J connectivity index is 2.77. The normalized spacial score (nSPS) is 12.0. The smallest absolute Gasteiger partial charge is 0.153 e. The van der Waals surface area contributed by atoms with Crippen molar-refractivity contribution in [2.75, 3.05) is 5.75 Å². The highest BCUT2D eigenvalue weighted by atomic mass is 32.2. The second kappa shape index (κ2) is 4.75. The molecule has 0 aliphatic carbocycles. The molecule has 0 aliphatic rings. The van der Waals surface area contributed by atoms with E-state index in [1.807, 2.05) is 12.1 Å². The lowest BCUT2D eigenvalue weighted by molar-refractivity contribution is 0.563. The van der Waals surface area contributed by atoms with Crippen LogP contribution in [0.4, 0.5) is 0 Å². The zero-order chi connectivity index (χ0) is 9.68. The molecule has 1 rings (SSSR count). The molecule has 0 bridgehead atoms. The van der Waals surface area contributed by atoms with Crippen LogP contribution in [0, 0.1) is 11.3 Å². The Hall–Kier alpha value is -1.18. The van der Waals surface area contributed by atoms with Gasteiger partial charge in [0.1, 0.15) is 0 Å². The Labute approximate surface area is 79.3 Å². The van der Waals surface area contributed by atoms with Crippen LogP contribution < -0.4 is 0 Å². The van der Waals surface area contributed by atoms with Gasteiger partial charge in [-0.2, -0.15) is 5.26 Å². The lowest BCUT2D eigenvalue weighted by atomic mass is 10.1. The molecule has 0 fully saturated rings. The molecule has 4 heteroatoms. The predicted octanol–water partition coefficient (Wildman–Crippen LogP) is 1.32. The lowest BCUT2D eigenvalue weighted by Gasteiger charge is -2.00. The monoisotopic (exact) mass is 195 g/mol. The first-order chi connectivity index (χ1) is 6.24. The summed E-state index contributed by atoms with van der Waals surface area (Å²) < 4.78 is 19.0. The van der Waals surface area contributed by atoms with Gasteiger partial charge in [0.15, 0.2) is 11.1 Å². The Morgan fingerprint density at radius 1 is 1.46 bits per heavy atom. The largest absolute Gasteiger partial charge is 0.306 e. The maximum atomic E-state index is 10.4. The molecule has 1 atom stereocenters. The first kappa shape index (κ1) is 9.90. The van der Waals surface area contributed by atoms with E-state index in [9.17, 15) is 4.21 Å². The fraction of sp³-hybridized carbons (Fsp3) is 0.222. The van der Waals surface area contributed by atoms with E-state index in [0.717, 1.165) is 5.56 Å². The van der Waals surface area contributed by atoms with Crippen molar-refractivity contribution >= 4 is 11.1 Å². The maximum absolute atomic E-state index is 10.4. The van der Waals surface area contributed by atoms with Crippen molar-refractivity contribution in [2.24, 2.45) is 0 Å². The molecule has 0 aliphatic heterocycles. The van der Waals surface area contributed by atoms with E-state index in [-0.39, 0.29) is 5.75 Å². The van der Waals surface area contributed by atoms with E-state index in [2.05, 4.69) is 0 Å². The van der Waals surface area contributed by atoms with Gasteiger partial charge in [0, 0.05) is 0 Å². The summed E-state index contributed by atoms with van der Waals surface area (Å²) in [6.45, 7) is 0. The summed E-state index contributed by atoms with van der Waals surface area (Å²) in [6, 6.07) is 9.13. The van der Waals surface area contributed by atoms with E-state index in [1.165, 1.54) is 0 Å². The average molecular weight is 195 g/mol. The van der Waals surface area contributed by atoms with Crippen LogP contribution in [0.15, 0.2) is 24.3 Å². The Bertz CT molecular complexity index is 357. The zero-order valence-electron chi connectivity index (χ0n) is 6.93. The Morgan fingerprint density at radius 3 is 2.77 bits per heavy atom. The molecule has 3 nitrogen and oxygen atoms in total. The topological polar surface area (TPSA) is 61.1 Å². The molecule has 0 amide bonds. The van der Waals surface area contributed by atoms with Crippen LogP contribution in [-0.4, -0.2) is 14.5 Å². The number of nitriles is 1. The van der Waals surface area contributed by atoms with Crippen molar-refractivity contribution in [3.05, 3.63) is 35.4 Å². The molecular formula is C9H9NO2S. The minimum atomic E-state index is -1.79. The van der Waals surface area contributed by atoms with Gasteiger partial charge in [-0.25, -0.2) is 4.21 Å². The number of benzene rings is 1. The summed E-state index contributed by atoms with van der Waals surface area (Å²) in [5, 5.41) is 8.70. The Kier molecular flexibility index (Phi) is 3.62. The summed E-state index contributed by atoms with van der Waals surface area (Å²) >= 11 is -1.79. The van der Waals surface area contributed by atoms with Gasteiger partial charge in [-0.05, 0) is 18.1 Å². The molecule has 1 N–H and O–H groups in total. The van der Waals surface area contributed by atoms with Crippen LogP contribution in [0.2, 0.25) is 0 Å². The highest BCUT2D eigenvalue weighted by molar-refractivity contribution is 7.79. The van der Waals surface area contributed by atoms with Crippen LogP contribution >= 0.6 is 0 Å². The number of rotatable bonds is 3. The first-order valence-electron chi connectivity index (χ1n) is 3.79. The maximum Gasteiger partial charge on any atom is 0.153 e. The molecule has 0 saturated carbocycles. The number of aryl methyl sites for hydroxylation is 1. The molecular weight excluding hydrogens is 186 g/mol. The summed E-state index contributed by atoms with van der Waals surface area (Å²) in [7, 11) is 0. The van der Waals surface area contributed by atoms with Gasteiger partial charge >= 0.3 is 0 Å². The molecule has 0 spiro atoms. The van der Waals surface area contributed by atoms with Gasteiger partial charge in [0.2, 0.25) is 0 Å². The van der Waals surface area contributed by atoms with Gasteiger partial charge < -0.3 is 4.55 Å². The fourth-order valence-corrected chi connectivity index (χ4v) is 1.44. The number of nitrogens with zero attached hydrogens (tertiary/aromatic N) is 1. The third kappa shape index (κ3) is 2.98. The molecule has 1 aromatic rings. The van der Waals surface area contributed by atoms with Gasteiger partial charge in [-0.1, -0.05) is 18.2 Å². The van der Waals surface area contributed by atoms with E-state index in [4.69, 9.17) is 9.81 Å². The number of hydrogen-bond donors (Lipinski definition) is 1. The number of hydrogen-bond acceptors (Lipinski definition) is 2. The minimum absolute atomic E-state index is 0.179. The fourth-order valence-electron chi connectivity index (χ4n) is 1.04. The van der Waals surface area contributed by atoms with Gasteiger partial charge in [-0.15, -0.1) is 0 Å². The zero-order valence-corrected chi connectivity index (χ0v) is 7.75. The van der Waals surface area contributed by atoms with Crippen molar-refractivity contribution in [1.29, 1.82) is 5.26 Å². The second-order valence-corrected chi connectivity index (χ2v) is 3.60. The van der Waals surface area contributed by atoms with E-state index in [0.29, 0.717) is 12.0 Å². The van der Waals surface area contributed by atoms with Crippen molar-refractivity contribution < 1.29 is 8.76 Å². The van der Waals surface area contributed by atoms with Crippen molar-refractivity contribution in [3.63, 3.8) is 0 Å². The van der Waals surface area contributed by atoms with Crippen LogP contribution in [0.25, 0.3) is 0 Å². The third-order valence-electron chi connectivity index (χ3n) is 1.68. The SMILES string of the molecule is N#Cc1ccccc1CCS(=O)O. The molecule has 0 radical (unpaired) electrons. The molecule has 13 heavy (non-hydrogen) atoms. The van der Waals surface area contributed by atoms with Crippen molar-refractivity contribution in [3.8, 4) is 6.07 Å². The van der Waals surface area contributed by atoms with Gasteiger partial charge in [0.25, 0.3) is 0 Å². The van der Waals surface area contributed by atoms with Crippen LogP contribution in [0.1, 0.15) is 11.1 Å². The standard InChI is InChI=1S/C9H9NO2S/c10-7-9-4-2-1-3-8(9)5-6-13(11)12/h1-4H,5-6H2,(H,11,12). The molecule has 0 saturated heterocycles. The van der Waals surface area contributed by atoms with E-state index >= 15 is 0 Å².